The van der Waals surface area contributed by atoms with Gasteiger partial charge in [-0.2, -0.15) is 0 Å². The fraction of sp³-hybridized carbons (Fsp3) is 0.438. The number of ether oxygens (including phenoxy) is 2. The van der Waals surface area contributed by atoms with Gasteiger partial charge in [-0.25, -0.2) is 13.4 Å². The summed E-state index contributed by atoms with van der Waals surface area (Å²) < 4.78 is 34.6. The highest BCUT2D eigenvalue weighted by Gasteiger charge is 2.20. The molecule has 0 aliphatic heterocycles. The van der Waals surface area contributed by atoms with Crippen LogP contribution < -0.4 is 9.47 Å². The minimum absolute atomic E-state index is 0.0698. The molecule has 0 N–H and O–H groups in total. The number of hydrogen-bond acceptors (Lipinski definition) is 6. The van der Waals surface area contributed by atoms with Crippen LogP contribution in [-0.4, -0.2) is 26.6 Å². The van der Waals surface area contributed by atoms with Crippen LogP contribution in [0, 0.1) is 6.92 Å². The third-order valence-electron chi connectivity index (χ3n) is 3.22. The number of nitrogens with zero attached hydrogens (tertiary/aromatic N) is 1. The van der Waals surface area contributed by atoms with Crippen LogP contribution in [0.3, 0.4) is 0 Å². The van der Waals surface area contributed by atoms with Crippen LogP contribution in [0.25, 0.3) is 10.6 Å². The van der Waals surface area contributed by atoms with Crippen molar-refractivity contribution in [3.63, 3.8) is 0 Å². The van der Waals surface area contributed by atoms with E-state index in [0.717, 1.165) is 29.7 Å². The van der Waals surface area contributed by atoms with Crippen molar-refractivity contribution in [1.29, 1.82) is 0 Å². The lowest BCUT2D eigenvalue weighted by Gasteiger charge is -2.12. The molecule has 1 heterocycles. The van der Waals surface area contributed by atoms with Crippen LogP contribution in [0.1, 0.15) is 32.4 Å². The topological polar surface area (TPSA) is 65.5 Å². The van der Waals surface area contributed by atoms with E-state index in [2.05, 4.69) is 11.9 Å². The molecular weight excluding hydrogens is 370 g/mol. The summed E-state index contributed by atoms with van der Waals surface area (Å²) in [4.78, 5) is 4.31. The zero-order chi connectivity index (χ0) is 17.7. The lowest BCUT2D eigenvalue weighted by Crippen LogP contribution is -2.00. The minimum Gasteiger partial charge on any atom is -0.490 e. The highest BCUT2D eigenvalue weighted by molar-refractivity contribution is 8.15. The van der Waals surface area contributed by atoms with E-state index in [1.54, 1.807) is 6.92 Å². The summed E-state index contributed by atoms with van der Waals surface area (Å²) in [7, 11) is 1.65. The molecule has 2 aromatic rings. The maximum Gasteiger partial charge on any atom is 0.272 e. The monoisotopic (exact) mass is 389 g/mol. The van der Waals surface area contributed by atoms with Crippen molar-refractivity contribution < 1.29 is 17.9 Å². The molecule has 0 fully saturated rings. The molecule has 1 aromatic heterocycles. The van der Waals surface area contributed by atoms with Crippen molar-refractivity contribution in [2.24, 2.45) is 0 Å². The van der Waals surface area contributed by atoms with Gasteiger partial charge in [-0.3, -0.25) is 0 Å². The molecule has 0 saturated heterocycles. The van der Waals surface area contributed by atoms with Gasteiger partial charge < -0.3 is 9.47 Å². The SMILES string of the molecule is CCCCOc1ccc(-c2nc(C)c(S(=O)(=O)Cl)s2)cc1OCC. The van der Waals surface area contributed by atoms with E-state index in [0.29, 0.717) is 35.4 Å². The Morgan fingerprint density at radius 3 is 2.54 bits per heavy atom. The maximum atomic E-state index is 11.6. The Hall–Kier alpha value is -1.31. The summed E-state index contributed by atoms with van der Waals surface area (Å²) in [6, 6.07) is 5.47. The molecule has 8 heteroatoms. The third-order valence-corrected chi connectivity index (χ3v) is 6.61. The van der Waals surface area contributed by atoms with Gasteiger partial charge in [0.2, 0.25) is 0 Å². The maximum absolute atomic E-state index is 11.6. The van der Waals surface area contributed by atoms with Crippen LogP contribution in [0.5, 0.6) is 11.5 Å². The Bertz CT molecular complexity index is 802. The molecule has 0 unspecified atom stereocenters. The van der Waals surface area contributed by atoms with Gasteiger partial charge in [-0.15, -0.1) is 11.3 Å². The van der Waals surface area contributed by atoms with Crippen LogP contribution in [0.4, 0.5) is 0 Å². The highest BCUT2D eigenvalue weighted by atomic mass is 35.7. The number of aromatic nitrogens is 1. The normalized spacial score (nSPS) is 11.5. The molecule has 0 amide bonds. The summed E-state index contributed by atoms with van der Waals surface area (Å²) in [5, 5.41) is 0.577. The average Bonchev–Trinajstić information content (AvgIpc) is 2.91. The van der Waals surface area contributed by atoms with Crippen molar-refractivity contribution in [2.45, 2.75) is 37.8 Å². The molecule has 2 rings (SSSR count). The zero-order valence-corrected chi connectivity index (χ0v) is 16.2. The van der Waals surface area contributed by atoms with Crippen molar-refractivity contribution >= 4 is 31.1 Å². The number of rotatable bonds is 8. The van der Waals surface area contributed by atoms with Crippen molar-refractivity contribution in [1.82, 2.24) is 4.98 Å². The smallest absolute Gasteiger partial charge is 0.272 e. The first-order chi connectivity index (χ1) is 11.4. The molecule has 0 atom stereocenters. The molecular formula is C16H20ClNO4S2. The summed E-state index contributed by atoms with van der Waals surface area (Å²) in [5.74, 6) is 1.29. The lowest BCUT2D eigenvalue weighted by atomic mass is 10.2. The predicted molar refractivity (Wildman–Crippen MR) is 96.9 cm³/mol. The number of hydrogen-bond donors (Lipinski definition) is 0. The Kier molecular flexibility index (Phi) is 6.48. The van der Waals surface area contributed by atoms with E-state index < -0.39 is 9.05 Å². The Morgan fingerprint density at radius 2 is 1.96 bits per heavy atom. The Morgan fingerprint density at radius 1 is 1.21 bits per heavy atom. The Balaban J connectivity index is 2.36. The van der Waals surface area contributed by atoms with Crippen LogP contribution in [0.15, 0.2) is 22.4 Å². The van der Waals surface area contributed by atoms with Gasteiger partial charge in [0.15, 0.2) is 15.7 Å². The van der Waals surface area contributed by atoms with Gasteiger partial charge in [0.25, 0.3) is 9.05 Å². The van der Waals surface area contributed by atoms with E-state index >= 15 is 0 Å². The number of halogens is 1. The van der Waals surface area contributed by atoms with E-state index in [-0.39, 0.29) is 4.21 Å². The summed E-state index contributed by atoms with van der Waals surface area (Å²) in [6.45, 7) is 6.76. The number of thiazole rings is 1. The molecule has 0 aliphatic carbocycles. The molecule has 132 valence electrons. The third kappa shape index (κ3) is 4.62. The number of benzene rings is 1. The molecule has 5 nitrogen and oxygen atoms in total. The molecule has 0 saturated carbocycles. The second-order valence-corrected chi connectivity index (χ2v) is 8.89. The standard InChI is InChI=1S/C16H20ClNO4S2/c1-4-6-9-22-13-8-7-12(10-14(13)21-5-2)15-18-11(3)16(23-15)24(17,19)20/h7-8,10H,4-6,9H2,1-3H3. The quantitative estimate of drug-likeness (QED) is 0.486. The molecule has 24 heavy (non-hydrogen) atoms. The fourth-order valence-corrected chi connectivity index (χ4v) is 4.54. The predicted octanol–water partition coefficient (Wildman–Crippen LogP) is 4.62. The summed E-state index contributed by atoms with van der Waals surface area (Å²) >= 11 is 1.05. The van der Waals surface area contributed by atoms with Gasteiger partial charge in [-0.1, -0.05) is 13.3 Å². The first kappa shape index (κ1) is 19.0. The van der Waals surface area contributed by atoms with Crippen molar-refractivity contribution in [3.8, 4) is 22.1 Å². The number of unbranched alkanes of at least 4 members (excludes halogenated alkanes) is 1. The van der Waals surface area contributed by atoms with Gasteiger partial charge in [-0.05, 0) is 38.5 Å². The van der Waals surface area contributed by atoms with Crippen LogP contribution in [-0.2, 0) is 9.05 Å². The molecule has 0 spiro atoms. The van der Waals surface area contributed by atoms with E-state index in [1.165, 1.54) is 0 Å². The highest BCUT2D eigenvalue weighted by Crippen LogP contribution is 2.37. The number of aryl methyl sites for hydroxylation is 1. The first-order valence-corrected chi connectivity index (χ1v) is 10.8. The molecule has 0 aliphatic rings. The molecule has 1 aromatic carbocycles. The second kappa shape index (κ2) is 8.18. The first-order valence-electron chi connectivity index (χ1n) is 7.69. The average molecular weight is 390 g/mol. The van der Waals surface area contributed by atoms with Gasteiger partial charge in [0.05, 0.1) is 18.9 Å². The van der Waals surface area contributed by atoms with Gasteiger partial charge in [0.1, 0.15) is 5.01 Å². The fourth-order valence-electron chi connectivity index (χ4n) is 2.09. The van der Waals surface area contributed by atoms with E-state index in [9.17, 15) is 8.42 Å². The zero-order valence-electron chi connectivity index (χ0n) is 13.8. The van der Waals surface area contributed by atoms with E-state index in [1.807, 2.05) is 25.1 Å². The van der Waals surface area contributed by atoms with E-state index in [4.69, 9.17) is 20.2 Å². The van der Waals surface area contributed by atoms with Crippen molar-refractivity contribution in [3.05, 3.63) is 23.9 Å². The second-order valence-electron chi connectivity index (χ2n) is 5.13. The van der Waals surface area contributed by atoms with Gasteiger partial charge in [0, 0.05) is 16.2 Å². The Labute approximate surface area is 151 Å². The lowest BCUT2D eigenvalue weighted by molar-refractivity contribution is 0.273. The minimum atomic E-state index is -3.79. The molecule has 0 radical (unpaired) electrons. The van der Waals surface area contributed by atoms with Crippen LogP contribution >= 0.6 is 22.0 Å². The largest absolute Gasteiger partial charge is 0.490 e. The van der Waals surface area contributed by atoms with Crippen molar-refractivity contribution in [2.75, 3.05) is 13.2 Å². The summed E-state index contributed by atoms with van der Waals surface area (Å²) in [5.41, 5.74) is 1.16. The van der Waals surface area contributed by atoms with Gasteiger partial charge >= 0.3 is 0 Å². The van der Waals surface area contributed by atoms with Crippen LogP contribution in [0.2, 0.25) is 0 Å². The molecule has 0 bridgehead atoms. The summed E-state index contributed by atoms with van der Waals surface area (Å²) in [6.07, 6.45) is 2.02.